The minimum atomic E-state index is -0.735. The molecule has 8 nitrogen and oxygen atoms in total. The van der Waals surface area contributed by atoms with Crippen molar-refractivity contribution in [3.8, 4) is 0 Å². The molecule has 3 heterocycles. The Morgan fingerprint density at radius 2 is 1.82 bits per heavy atom. The van der Waals surface area contributed by atoms with Gasteiger partial charge in [0, 0.05) is 72.0 Å². The van der Waals surface area contributed by atoms with Crippen molar-refractivity contribution in [1.29, 1.82) is 0 Å². The largest absolute Gasteiger partial charge is 0.361 e. The van der Waals surface area contributed by atoms with Crippen LogP contribution in [0.3, 0.4) is 0 Å². The Labute approximate surface area is 302 Å². The number of rotatable bonds is 8. The number of hydrogen-bond acceptors (Lipinski definition) is 7. The first-order valence-corrected chi connectivity index (χ1v) is 18.7. The standard InChI is InChI=1S/C38H45Cl2N5O3S/c1-3-4-9-25-20-35(47)32(13-7-16-41)44-22-26-10-8-17-42-37(26)49-36-24(18-28(39)21-30(36)40)14-15-34(46)33(45(2)38(25)48)19-27-23-43-31-12-6-5-11-29(27)31/h5-6,8,10-12,17-18,21,23,25,32-33,43-44H,3-4,7,9,13-16,19-20,22,41H2,1-2H3/t25-,32+,33+/m1/s1. The quantitative estimate of drug-likeness (QED) is 0.172. The molecule has 2 aromatic carbocycles. The summed E-state index contributed by atoms with van der Waals surface area (Å²) in [4.78, 5) is 53.1. The van der Waals surface area contributed by atoms with Crippen LogP contribution >= 0.6 is 35.0 Å². The predicted molar refractivity (Wildman–Crippen MR) is 198 cm³/mol. The fourth-order valence-corrected chi connectivity index (χ4v) is 8.26. The van der Waals surface area contributed by atoms with Crippen molar-refractivity contribution in [2.24, 2.45) is 11.7 Å². The zero-order valence-corrected chi connectivity index (χ0v) is 30.5. The molecule has 0 aliphatic carbocycles. The molecule has 11 heteroatoms. The van der Waals surface area contributed by atoms with Crippen LogP contribution in [0.15, 0.2) is 70.8 Å². The molecule has 49 heavy (non-hydrogen) atoms. The minimum Gasteiger partial charge on any atom is -0.361 e. The lowest BCUT2D eigenvalue weighted by Gasteiger charge is -2.31. The molecule has 1 amide bonds. The molecule has 3 atom stereocenters. The number of H-pyrrole nitrogens is 1. The van der Waals surface area contributed by atoms with Crippen LogP contribution in [0.4, 0.5) is 0 Å². The van der Waals surface area contributed by atoms with E-state index in [1.54, 1.807) is 24.2 Å². The minimum absolute atomic E-state index is 0.0266. The second kappa shape index (κ2) is 17.6. The molecule has 260 valence electrons. The van der Waals surface area contributed by atoms with E-state index in [1.165, 1.54) is 11.8 Å². The maximum atomic E-state index is 14.4. The van der Waals surface area contributed by atoms with Crippen LogP contribution in [-0.4, -0.2) is 58.0 Å². The van der Waals surface area contributed by atoms with Gasteiger partial charge in [-0.15, -0.1) is 0 Å². The van der Waals surface area contributed by atoms with Crippen molar-refractivity contribution in [3.05, 3.63) is 87.7 Å². The molecule has 4 N–H and O–H groups in total. The summed E-state index contributed by atoms with van der Waals surface area (Å²) < 4.78 is 0. The highest BCUT2D eigenvalue weighted by atomic mass is 35.5. The number of halogens is 2. The molecule has 0 bridgehead atoms. The Kier molecular flexibility index (Phi) is 13.3. The molecule has 0 saturated heterocycles. The molecule has 0 unspecified atom stereocenters. The summed E-state index contributed by atoms with van der Waals surface area (Å²) in [6.07, 6.45) is 8.11. The smallest absolute Gasteiger partial charge is 0.226 e. The van der Waals surface area contributed by atoms with Gasteiger partial charge in [0.05, 0.1) is 17.1 Å². The molecule has 0 fully saturated rings. The Hall–Kier alpha value is -3.21. The van der Waals surface area contributed by atoms with Crippen LogP contribution in [0.1, 0.15) is 68.6 Å². The van der Waals surface area contributed by atoms with E-state index in [-0.39, 0.29) is 30.3 Å². The SMILES string of the molecule is CCCC[C@@H]1CC(=O)[C@H](CCCN)NCc2cccnc2Sc2c(Cl)cc(Cl)cc2CCC(=O)[C@H](Cc2c[nH]c3ccccc23)N(C)C1=O. The Morgan fingerprint density at radius 3 is 2.61 bits per heavy atom. The summed E-state index contributed by atoms with van der Waals surface area (Å²) in [5.74, 6) is -0.824. The van der Waals surface area contributed by atoms with Gasteiger partial charge in [-0.1, -0.05) is 79.0 Å². The first-order valence-electron chi connectivity index (χ1n) is 17.1. The Bertz CT molecular complexity index is 1780. The number of benzene rings is 2. The number of unbranched alkanes of at least 4 members (excludes halogenated alkanes) is 1. The van der Waals surface area contributed by atoms with Crippen LogP contribution in [0.25, 0.3) is 10.9 Å². The number of para-hydroxylation sites is 1. The van der Waals surface area contributed by atoms with E-state index < -0.39 is 18.0 Å². The molecular formula is C38H45Cl2N5O3S. The third-order valence-electron chi connectivity index (χ3n) is 9.38. The number of carbonyl (C=O) groups is 3. The third-order valence-corrected chi connectivity index (χ3v) is 11.3. The van der Waals surface area contributed by atoms with Crippen LogP contribution in [0.5, 0.6) is 0 Å². The summed E-state index contributed by atoms with van der Waals surface area (Å²) in [5.41, 5.74) is 9.54. The molecule has 2 aromatic heterocycles. The molecular weight excluding hydrogens is 677 g/mol. The number of fused-ring (bicyclic) bond motifs is 3. The molecule has 1 aliphatic heterocycles. The van der Waals surface area contributed by atoms with Gasteiger partial charge in [-0.2, -0.15) is 0 Å². The first-order chi connectivity index (χ1) is 23.7. The van der Waals surface area contributed by atoms with Crippen LogP contribution in [0.2, 0.25) is 10.0 Å². The normalized spacial score (nSPS) is 19.9. The van der Waals surface area contributed by atoms with E-state index in [4.69, 9.17) is 28.9 Å². The van der Waals surface area contributed by atoms with E-state index in [0.717, 1.165) is 50.4 Å². The molecule has 0 spiro atoms. The highest BCUT2D eigenvalue weighted by molar-refractivity contribution is 7.99. The van der Waals surface area contributed by atoms with E-state index in [2.05, 4.69) is 22.2 Å². The number of ketones is 2. The second-order valence-corrected chi connectivity index (χ2v) is 14.7. The molecule has 0 saturated carbocycles. The van der Waals surface area contributed by atoms with E-state index >= 15 is 0 Å². The lowest BCUT2D eigenvalue weighted by Crippen LogP contribution is -2.47. The highest BCUT2D eigenvalue weighted by Crippen LogP contribution is 2.39. The van der Waals surface area contributed by atoms with Gasteiger partial charge in [0.2, 0.25) is 5.91 Å². The second-order valence-electron chi connectivity index (χ2n) is 12.8. The zero-order valence-electron chi connectivity index (χ0n) is 28.1. The molecule has 4 aromatic rings. The number of hydrogen-bond donors (Lipinski definition) is 3. The number of amides is 1. The van der Waals surface area contributed by atoms with E-state index in [1.807, 2.05) is 48.7 Å². The van der Waals surface area contributed by atoms with Crippen molar-refractivity contribution in [2.75, 3.05) is 13.6 Å². The van der Waals surface area contributed by atoms with Crippen molar-refractivity contribution in [1.82, 2.24) is 20.2 Å². The zero-order chi connectivity index (χ0) is 34.9. The Balaban J connectivity index is 1.57. The summed E-state index contributed by atoms with van der Waals surface area (Å²) in [5, 5.41) is 6.18. The van der Waals surface area contributed by atoms with Crippen molar-refractivity contribution in [2.45, 2.75) is 93.3 Å². The topological polar surface area (TPSA) is 121 Å². The van der Waals surface area contributed by atoms with Crippen molar-refractivity contribution < 1.29 is 14.4 Å². The van der Waals surface area contributed by atoms with Gasteiger partial charge in [-0.05, 0) is 73.2 Å². The lowest BCUT2D eigenvalue weighted by atomic mass is 9.89. The third kappa shape index (κ3) is 9.32. The molecule has 1 aliphatic rings. The van der Waals surface area contributed by atoms with Gasteiger partial charge in [0.15, 0.2) is 11.6 Å². The van der Waals surface area contributed by atoms with Gasteiger partial charge >= 0.3 is 0 Å². The number of nitrogens with one attached hydrogen (secondary N) is 2. The number of Topliss-reactive ketones (excluding diaryl/α,β-unsaturated/α-hetero) is 2. The number of aryl methyl sites for hydroxylation is 1. The van der Waals surface area contributed by atoms with Crippen molar-refractivity contribution in [3.63, 3.8) is 0 Å². The van der Waals surface area contributed by atoms with E-state index in [0.29, 0.717) is 55.2 Å². The lowest BCUT2D eigenvalue weighted by molar-refractivity contribution is -0.143. The molecule has 0 radical (unpaired) electrons. The fourth-order valence-electron chi connectivity index (χ4n) is 6.58. The summed E-state index contributed by atoms with van der Waals surface area (Å²) in [7, 11) is 1.71. The Morgan fingerprint density at radius 1 is 1.00 bits per heavy atom. The summed E-state index contributed by atoms with van der Waals surface area (Å²) >= 11 is 14.7. The number of aromatic nitrogens is 2. The van der Waals surface area contributed by atoms with Crippen LogP contribution in [-0.2, 0) is 33.8 Å². The van der Waals surface area contributed by atoms with E-state index in [9.17, 15) is 14.4 Å². The monoisotopic (exact) mass is 721 g/mol. The first kappa shape index (κ1) is 37.1. The van der Waals surface area contributed by atoms with Gasteiger partial charge < -0.3 is 20.9 Å². The van der Waals surface area contributed by atoms with Gasteiger partial charge in [-0.3, -0.25) is 14.4 Å². The van der Waals surface area contributed by atoms with Crippen LogP contribution in [0, 0.1) is 5.92 Å². The number of aromatic amines is 1. The maximum Gasteiger partial charge on any atom is 0.226 e. The number of pyridine rings is 1. The van der Waals surface area contributed by atoms with Gasteiger partial charge in [-0.25, -0.2) is 4.98 Å². The van der Waals surface area contributed by atoms with Gasteiger partial charge in [0.1, 0.15) is 5.03 Å². The van der Waals surface area contributed by atoms with Gasteiger partial charge in [0.25, 0.3) is 0 Å². The summed E-state index contributed by atoms with van der Waals surface area (Å²) in [6, 6.07) is 14.1. The highest BCUT2D eigenvalue weighted by Gasteiger charge is 2.34. The summed E-state index contributed by atoms with van der Waals surface area (Å²) in [6.45, 7) is 2.93. The van der Waals surface area contributed by atoms with Crippen LogP contribution < -0.4 is 11.1 Å². The number of nitrogens with zero attached hydrogens (tertiary/aromatic N) is 2. The maximum absolute atomic E-state index is 14.4. The predicted octanol–water partition coefficient (Wildman–Crippen LogP) is 7.57. The number of carbonyl (C=O) groups excluding carboxylic acids is 3. The fraction of sp³-hybridized carbons (Fsp3) is 0.421. The molecule has 5 rings (SSSR count). The average Bonchev–Trinajstić information content (AvgIpc) is 3.51. The van der Waals surface area contributed by atoms with Crippen molar-refractivity contribution >= 4 is 63.3 Å². The number of nitrogens with two attached hydrogens (primary N) is 1. The average molecular weight is 723 g/mol. The number of likely N-dealkylation sites (N-methyl/N-ethyl adjacent to an activating group) is 1.